The minimum atomic E-state index is 0.360. The van der Waals surface area contributed by atoms with Gasteiger partial charge in [0.15, 0.2) is 5.76 Å². The van der Waals surface area contributed by atoms with Gasteiger partial charge in [0.25, 0.3) is 0 Å². The quantitative estimate of drug-likeness (QED) is 0.682. The SMILES string of the molecule is CCc1ncc(CN2CCC[C@@H](c3nnsc3-c3cc(C)no3)C2)cn1. The minimum Gasteiger partial charge on any atom is -0.355 e. The minimum absolute atomic E-state index is 0.360. The summed E-state index contributed by atoms with van der Waals surface area (Å²) in [5, 5.41) is 8.41. The van der Waals surface area contributed by atoms with E-state index in [1.807, 2.05) is 25.4 Å². The van der Waals surface area contributed by atoms with Gasteiger partial charge in [-0.1, -0.05) is 16.6 Å². The third kappa shape index (κ3) is 3.66. The summed E-state index contributed by atoms with van der Waals surface area (Å²) in [5.74, 6) is 2.03. The Labute approximate surface area is 156 Å². The van der Waals surface area contributed by atoms with Crippen LogP contribution in [0.1, 0.15) is 48.5 Å². The maximum absolute atomic E-state index is 5.43. The first-order chi connectivity index (χ1) is 12.7. The second kappa shape index (κ2) is 7.59. The van der Waals surface area contributed by atoms with Crippen molar-refractivity contribution in [1.29, 1.82) is 0 Å². The van der Waals surface area contributed by atoms with Crippen molar-refractivity contribution in [2.24, 2.45) is 0 Å². The van der Waals surface area contributed by atoms with Gasteiger partial charge in [0.05, 0.1) is 11.4 Å². The first-order valence-electron chi connectivity index (χ1n) is 9.01. The van der Waals surface area contributed by atoms with Crippen LogP contribution in [0.3, 0.4) is 0 Å². The fraction of sp³-hybridized carbons (Fsp3) is 0.500. The molecule has 8 heteroatoms. The first kappa shape index (κ1) is 17.2. The van der Waals surface area contributed by atoms with Gasteiger partial charge in [-0.15, -0.1) is 5.10 Å². The van der Waals surface area contributed by atoms with Gasteiger partial charge in [-0.2, -0.15) is 0 Å². The zero-order valence-corrected chi connectivity index (χ0v) is 15.9. The lowest BCUT2D eigenvalue weighted by Gasteiger charge is -2.31. The number of piperidine rings is 1. The van der Waals surface area contributed by atoms with Crippen molar-refractivity contribution in [2.45, 2.75) is 45.6 Å². The molecular weight excluding hydrogens is 348 g/mol. The van der Waals surface area contributed by atoms with Gasteiger partial charge < -0.3 is 4.52 Å². The number of aryl methyl sites for hydroxylation is 2. The molecule has 3 aromatic rings. The molecule has 1 fully saturated rings. The van der Waals surface area contributed by atoms with Gasteiger partial charge in [0.2, 0.25) is 0 Å². The number of hydrogen-bond donors (Lipinski definition) is 0. The Bertz CT molecular complexity index is 859. The molecule has 4 heterocycles. The van der Waals surface area contributed by atoms with E-state index in [4.69, 9.17) is 4.52 Å². The number of nitrogens with zero attached hydrogens (tertiary/aromatic N) is 6. The van der Waals surface area contributed by atoms with E-state index in [1.165, 1.54) is 11.5 Å². The van der Waals surface area contributed by atoms with Crippen molar-refractivity contribution in [3.05, 3.63) is 41.2 Å². The number of likely N-dealkylation sites (tertiary alicyclic amines) is 1. The Morgan fingerprint density at radius 3 is 2.88 bits per heavy atom. The highest BCUT2D eigenvalue weighted by Gasteiger charge is 2.27. The van der Waals surface area contributed by atoms with Gasteiger partial charge in [0, 0.05) is 49.5 Å². The molecule has 1 atom stereocenters. The van der Waals surface area contributed by atoms with Crippen molar-refractivity contribution >= 4 is 11.5 Å². The second-order valence-corrected chi connectivity index (χ2v) is 7.51. The van der Waals surface area contributed by atoms with Crippen molar-refractivity contribution in [3.63, 3.8) is 0 Å². The number of aromatic nitrogens is 5. The lowest BCUT2D eigenvalue weighted by molar-refractivity contribution is 0.198. The first-order valence-corrected chi connectivity index (χ1v) is 9.78. The van der Waals surface area contributed by atoms with Gasteiger partial charge >= 0.3 is 0 Å². The Morgan fingerprint density at radius 1 is 1.31 bits per heavy atom. The summed E-state index contributed by atoms with van der Waals surface area (Å²) in [6, 6.07) is 1.95. The third-order valence-electron chi connectivity index (χ3n) is 4.74. The van der Waals surface area contributed by atoms with Crippen LogP contribution in [-0.4, -0.2) is 42.7 Å². The number of hydrogen-bond acceptors (Lipinski definition) is 8. The maximum atomic E-state index is 5.43. The highest BCUT2D eigenvalue weighted by Crippen LogP contribution is 2.35. The molecule has 26 heavy (non-hydrogen) atoms. The second-order valence-electron chi connectivity index (χ2n) is 6.76. The van der Waals surface area contributed by atoms with E-state index in [1.54, 1.807) is 0 Å². The van der Waals surface area contributed by atoms with E-state index in [0.717, 1.165) is 72.3 Å². The molecule has 0 saturated carbocycles. The zero-order chi connectivity index (χ0) is 17.9. The molecule has 0 bridgehead atoms. The van der Waals surface area contributed by atoms with Gasteiger partial charge in [-0.05, 0) is 37.8 Å². The monoisotopic (exact) mass is 370 g/mol. The van der Waals surface area contributed by atoms with Crippen molar-refractivity contribution in [3.8, 4) is 10.6 Å². The molecule has 0 radical (unpaired) electrons. The fourth-order valence-corrected chi connectivity index (χ4v) is 4.13. The Morgan fingerprint density at radius 2 is 2.15 bits per heavy atom. The fourth-order valence-electron chi connectivity index (χ4n) is 3.43. The summed E-state index contributed by atoms with van der Waals surface area (Å²) in [4.78, 5) is 12.3. The predicted octanol–water partition coefficient (Wildman–Crippen LogP) is 3.23. The molecule has 1 saturated heterocycles. The molecule has 0 spiro atoms. The molecule has 0 aliphatic carbocycles. The molecule has 136 valence electrons. The van der Waals surface area contributed by atoms with Crippen LogP contribution in [0.5, 0.6) is 0 Å². The van der Waals surface area contributed by atoms with Crippen LogP contribution in [0, 0.1) is 6.92 Å². The number of rotatable bonds is 5. The van der Waals surface area contributed by atoms with E-state index in [0.29, 0.717) is 5.92 Å². The summed E-state index contributed by atoms with van der Waals surface area (Å²) in [6.45, 7) is 6.91. The average Bonchev–Trinajstić information content (AvgIpc) is 3.31. The molecule has 1 aliphatic rings. The molecular formula is C18H22N6OS. The molecule has 3 aromatic heterocycles. The van der Waals surface area contributed by atoms with E-state index in [2.05, 4.69) is 36.5 Å². The molecule has 7 nitrogen and oxygen atoms in total. The Kier molecular flexibility index (Phi) is 5.03. The summed E-state index contributed by atoms with van der Waals surface area (Å²) < 4.78 is 9.61. The normalized spacial score (nSPS) is 18.3. The van der Waals surface area contributed by atoms with Crippen molar-refractivity contribution < 1.29 is 4.52 Å². The van der Waals surface area contributed by atoms with Crippen LogP contribution in [0.2, 0.25) is 0 Å². The molecule has 4 rings (SSSR count). The summed E-state index contributed by atoms with van der Waals surface area (Å²) >= 11 is 1.39. The van der Waals surface area contributed by atoms with Crippen molar-refractivity contribution in [2.75, 3.05) is 13.1 Å². The standard InChI is InChI=1S/C18H22N6OS/c1-3-16-19-8-13(9-20-16)10-24-6-4-5-14(11-24)17-18(26-23-21-17)15-7-12(2)22-25-15/h7-9,14H,3-6,10-11H2,1-2H3/t14-/m1/s1. The van der Waals surface area contributed by atoms with E-state index in [-0.39, 0.29) is 0 Å². The van der Waals surface area contributed by atoms with Crippen LogP contribution in [-0.2, 0) is 13.0 Å². The smallest absolute Gasteiger partial charge is 0.180 e. The topological polar surface area (TPSA) is 80.8 Å². The van der Waals surface area contributed by atoms with E-state index in [9.17, 15) is 0 Å². The highest BCUT2D eigenvalue weighted by atomic mass is 32.1. The summed E-state index contributed by atoms with van der Waals surface area (Å²) in [6.07, 6.45) is 7.02. The lowest BCUT2D eigenvalue weighted by atomic mass is 9.93. The van der Waals surface area contributed by atoms with Gasteiger partial charge in [-0.25, -0.2) is 9.97 Å². The average molecular weight is 370 g/mol. The van der Waals surface area contributed by atoms with Crippen LogP contribution in [0.15, 0.2) is 23.0 Å². The summed E-state index contributed by atoms with van der Waals surface area (Å²) in [5.41, 5.74) is 3.07. The van der Waals surface area contributed by atoms with Gasteiger partial charge in [0.1, 0.15) is 10.7 Å². The molecule has 0 unspecified atom stereocenters. The van der Waals surface area contributed by atoms with E-state index < -0.39 is 0 Å². The molecule has 0 N–H and O–H groups in total. The van der Waals surface area contributed by atoms with Gasteiger partial charge in [-0.3, -0.25) is 4.90 Å². The Balaban J connectivity index is 1.48. The molecule has 0 amide bonds. The summed E-state index contributed by atoms with van der Waals surface area (Å²) in [7, 11) is 0. The van der Waals surface area contributed by atoms with Crippen molar-refractivity contribution in [1.82, 2.24) is 29.6 Å². The third-order valence-corrected chi connectivity index (χ3v) is 5.49. The lowest BCUT2D eigenvalue weighted by Crippen LogP contribution is -2.34. The zero-order valence-electron chi connectivity index (χ0n) is 15.1. The van der Waals surface area contributed by atoms with Crippen LogP contribution in [0.4, 0.5) is 0 Å². The predicted molar refractivity (Wildman–Crippen MR) is 98.8 cm³/mol. The van der Waals surface area contributed by atoms with Crippen LogP contribution in [0.25, 0.3) is 10.6 Å². The molecule has 0 aromatic carbocycles. The largest absolute Gasteiger partial charge is 0.355 e. The maximum Gasteiger partial charge on any atom is 0.180 e. The van der Waals surface area contributed by atoms with Crippen LogP contribution < -0.4 is 0 Å². The Hall–Kier alpha value is -2.19. The van der Waals surface area contributed by atoms with E-state index >= 15 is 0 Å². The highest BCUT2D eigenvalue weighted by molar-refractivity contribution is 7.09. The molecule has 1 aliphatic heterocycles. The van der Waals surface area contributed by atoms with Crippen LogP contribution >= 0.6 is 11.5 Å².